The van der Waals surface area contributed by atoms with E-state index >= 15 is 8.78 Å². The van der Waals surface area contributed by atoms with Crippen LogP contribution in [0.5, 0.6) is 0 Å². The molecule has 53 heavy (non-hydrogen) atoms. The third-order valence-electron chi connectivity index (χ3n) is 11.8. The van der Waals surface area contributed by atoms with Crippen LogP contribution in [0, 0.1) is 11.6 Å². The minimum Gasteiger partial charge on any atom is -0.206 e. The maximum Gasteiger partial charge on any atom is 0.131 e. The lowest BCUT2D eigenvalue weighted by atomic mass is 9.86. The molecule has 4 aromatic rings. The summed E-state index contributed by atoms with van der Waals surface area (Å²) in [4.78, 5) is 0. The Bertz CT molecular complexity index is 2170. The number of hydrogen-bond donors (Lipinski definition) is 0. The first-order chi connectivity index (χ1) is 25.7. The summed E-state index contributed by atoms with van der Waals surface area (Å²) in [5.41, 5.74) is 13.0. The van der Waals surface area contributed by atoms with E-state index in [-0.39, 0.29) is 33.5 Å². The molecule has 0 N–H and O–H groups in total. The van der Waals surface area contributed by atoms with Crippen molar-refractivity contribution in [2.75, 3.05) is 0 Å². The Morgan fingerprint density at radius 2 is 0.962 bits per heavy atom. The molecule has 8 rings (SSSR count). The molecule has 4 aromatic carbocycles. The van der Waals surface area contributed by atoms with E-state index in [2.05, 4.69) is 101 Å². The van der Waals surface area contributed by atoms with E-state index in [1.165, 1.54) is 33.4 Å². The normalized spacial score (nSPS) is 24.6. The summed E-state index contributed by atoms with van der Waals surface area (Å²) < 4.78 is 31.6. The molecule has 4 atom stereocenters. The molecule has 0 amide bonds. The molecule has 0 aliphatic heterocycles. The molecule has 2 radical (unpaired) electrons. The molecule has 4 aliphatic rings. The topological polar surface area (TPSA) is 0 Å². The molecule has 0 saturated heterocycles. The van der Waals surface area contributed by atoms with Crippen LogP contribution >= 0.6 is 0 Å². The standard InChI is InChI=1S/C50H44F2Si/c1-5-37-31-43-39(35-25-27-41(47(51)29-35)33-17-9-7-10-18-33)21-13-15-23-45(43)49(37,3)53-50(4)38(6-2)32-44-40(22-14-16-24-46(44)50)36-26-28-42(48(52)30-36)34-19-11-8-12-20-34/h7-32,39-40H,5-6H2,1-4H3. The summed E-state index contributed by atoms with van der Waals surface area (Å²) in [6.07, 6.45) is 24.3. The Kier molecular flexibility index (Phi) is 9.24. The molecule has 0 spiro atoms. The van der Waals surface area contributed by atoms with Crippen LogP contribution in [-0.2, 0) is 0 Å². The van der Waals surface area contributed by atoms with Crippen molar-refractivity contribution >= 4 is 9.52 Å². The van der Waals surface area contributed by atoms with Crippen molar-refractivity contribution in [1.82, 2.24) is 0 Å². The molecular formula is C50H44F2Si. The van der Waals surface area contributed by atoms with Crippen LogP contribution in [0.1, 0.15) is 63.5 Å². The van der Waals surface area contributed by atoms with Crippen LogP contribution in [0.2, 0.25) is 10.1 Å². The fourth-order valence-corrected chi connectivity index (χ4v) is 11.6. The molecule has 0 nitrogen and oxygen atoms in total. The lowest BCUT2D eigenvalue weighted by Gasteiger charge is -2.41. The number of allylic oxidation sites excluding steroid dienone is 16. The molecule has 3 heteroatoms. The van der Waals surface area contributed by atoms with Gasteiger partial charge < -0.3 is 0 Å². The predicted octanol–water partition coefficient (Wildman–Crippen LogP) is 13.8. The summed E-state index contributed by atoms with van der Waals surface area (Å²) in [7, 11) is 0.523. The highest BCUT2D eigenvalue weighted by atomic mass is 28.2. The first kappa shape index (κ1) is 34.9. The van der Waals surface area contributed by atoms with Gasteiger partial charge in [0.05, 0.1) is 9.52 Å². The van der Waals surface area contributed by atoms with Crippen molar-refractivity contribution in [3.8, 4) is 22.3 Å². The van der Waals surface area contributed by atoms with Crippen LogP contribution in [0.4, 0.5) is 8.78 Å². The third-order valence-corrected chi connectivity index (χ3v) is 14.0. The molecule has 4 aliphatic carbocycles. The van der Waals surface area contributed by atoms with Gasteiger partial charge in [0.15, 0.2) is 0 Å². The fraction of sp³-hybridized carbons (Fsp3) is 0.200. The van der Waals surface area contributed by atoms with Crippen LogP contribution in [0.25, 0.3) is 22.3 Å². The molecule has 0 fully saturated rings. The Hall–Kier alpha value is -5.12. The predicted molar refractivity (Wildman–Crippen MR) is 219 cm³/mol. The summed E-state index contributed by atoms with van der Waals surface area (Å²) in [5, 5.41) is -0.434. The summed E-state index contributed by atoms with van der Waals surface area (Å²) in [5.74, 6) is -0.505. The maximum absolute atomic E-state index is 15.8. The van der Waals surface area contributed by atoms with Crippen LogP contribution < -0.4 is 0 Å². The van der Waals surface area contributed by atoms with Gasteiger partial charge in [0.25, 0.3) is 0 Å². The Labute approximate surface area is 315 Å². The van der Waals surface area contributed by atoms with Gasteiger partial charge in [0, 0.05) is 33.0 Å². The molecule has 0 heterocycles. The second-order valence-corrected chi connectivity index (χ2v) is 17.1. The summed E-state index contributed by atoms with van der Waals surface area (Å²) >= 11 is 0. The molecule has 4 unspecified atom stereocenters. The van der Waals surface area contributed by atoms with Gasteiger partial charge in [-0.25, -0.2) is 8.78 Å². The quantitative estimate of drug-likeness (QED) is 0.160. The maximum atomic E-state index is 15.8. The van der Waals surface area contributed by atoms with Gasteiger partial charge in [0.1, 0.15) is 11.6 Å². The van der Waals surface area contributed by atoms with Crippen molar-refractivity contribution < 1.29 is 8.78 Å². The summed E-state index contributed by atoms with van der Waals surface area (Å²) in [6, 6.07) is 31.1. The van der Waals surface area contributed by atoms with E-state index < -0.39 is 0 Å². The first-order valence-electron chi connectivity index (χ1n) is 18.9. The zero-order valence-corrected chi connectivity index (χ0v) is 31.8. The zero-order chi connectivity index (χ0) is 36.7. The molecule has 262 valence electrons. The van der Waals surface area contributed by atoms with E-state index in [9.17, 15) is 0 Å². The highest BCUT2D eigenvalue weighted by Crippen LogP contribution is 2.63. The number of rotatable bonds is 8. The van der Waals surface area contributed by atoms with E-state index in [0.717, 1.165) is 35.1 Å². The second-order valence-electron chi connectivity index (χ2n) is 14.8. The smallest absolute Gasteiger partial charge is 0.131 e. The Balaban J connectivity index is 1.17. The van der Waals surface area contributed by atoms with Crippen molar-refractivity contribution in [3.05, 3.63) is 214 Å². The van der Waals surface area contributed by atoms with Gasteiger partial charge >= 0.3 is 0 Å². The van der Waals surface area contributed by atoms with Gasteiger partial charge in [-0.15, -0.1) is 0 Å². The molecule has 0 aromatic heterocycles. The Morgan fingerprint density at radius 1 is 0.547 bits per heavy atom. The van der Waals surface area contributed by atoms with Crippen LogP contribution in [0.3, 0.4) is 0 Å². The lowest BCUT2D eigenvalue weighted by Crippen LogP contribution is -2.31. The number of benzene rings is 4. The van der Waals surface area contributed by atoms with Gasteiger partial charge in [-0.1, -0.05) is 185 Å². The molecule has 0 bridgehead atoms. The zero-order valence-electron chi connectivity index (χ0n) is 30.8. The largest absolute Gasteiger partial charge is 0.206 e. The average molecular weight is 711 g/mol. The highest BCUT2D eigenvalue weighted by molar-refractivity contribution is 6.50. The minimum absolute atomic E-state index is 0.0556. The average Bonchev–Trinajstić information content (AvgIpc) is 3.36. The van der Waals surface area contributed by atoms with Crippen LogP contribution in [-0.4, -0.2) is 9.52 Å². The third kappa shape index (κ3) is 6.05. The highest BCUT2D eigenvalue weighted by Gasteiger charge is 2.49. The second kappa shape index (κ2) is 14.0. The van der Waals surface area contributed by atoms with E-state index in [1.807, 2.05) is 72.8 Å². The van der Waals surface area contributed by atoms with Crippen molar-refractivity contribution in [2.24, 2.45) is 0 Å². The van der Waals surface area contributed by atoms with Gasteiger partial charge in [-0.2, -0.15) is 0 Å². The van der Waals surface area contributed by atoms with E-state index in [1.54, 1.807) is 12.1 Å². The van der Waals surface area contributed by atoms with Crippen molar-refractivity contribution in [1.29, 1.82) is 0 Å². The molecule has 0 saturated carbocycles. The fourth-order valence-electron chi connectivity index (χ4n) is 9.09. The number of halogens is 2. The van der Waals surface area contributed by atoms with Gasteiger partial charge in [-0.3, -0.25) is 0 Å². The van der Waals surface area contributed by atoms with Gasteiger partial charge in [0.2, 0.25) is 0 Å². The van der Waals surface area contributed by atoms with Crippen molar-refractivity contribution in [3.63, 3.8) is 0 Å². The SMILES string of the molecule is CCC1=CC2=C(C=CC=CC2c2ccc(-c3ccccc3)c(F)c2)C1(C)[Si]C1(C)C(CC)=CC2=C1C=CC=CC2c1ccc(-c2ccccc2)c(F)c1. The van der Waals surface area contributed by atoms with Gasteiger partial charge in [-0.05, 0) is 69.5 Å². The monoisotopic (exact) mass is 710 g/mol. The first-order valence-corrected chi connectivity index (χ1v) is 19.9. The molecular weight excluding hydrogens is 667 g/mol. The number of hydrogen-bond acceptors (Lipinski definition) is 0. The Morgan fingerprint density at radius 3 is 1.34 bits per heavy atom. The lowest BCUT2D eigenvalue weighted by molar-refractivity contribution is 0.628. The van der Waals surface area contributed by atoms with Crippen LogP contribution in [0.15, 0.2) is 191 Å². The van der Waals surface area contributed by atoms with E-state index in [4.69, 9.17) is 0 Å². The van der Waals surface area contributed by atoms with Crippen molar-refractivity contribution in [2.45, 2.75) is 62.4 Å². The minimum atomic E-state index is -0.217. The summed E-state index contributed by atoms with van der Waals surface area (Å²) in [6.45, 7) is 9.39. The van der Waals surface area contributed by atoms with E-state index in [0.29, 0.717) is 20.6 Å².